The van der Waals surface area contributed by atoms with Crippen LogP contribution >= 0.6 is 0 Å². The van der Waals surface area contributed by atoms with Crippen LogP contribution in [0.15, 0.2) is 60.7 Å². The number of aromatic nitrogens is 2. The molecule has 0 fully saturated rings. The van der Waals surface area contributed by atoms with Gasteiger partial charge in [0, 0.05) is 18.3 Å². The number of aryl methyl sites for hydroxylation is 1. The van der Waals surface area contributed by atoms with Crippen LogP contribution in [0.4, 0.5) is 11.5 Å². The largest absolute Gasteiger partial charge is 0.489 e. The van der Waals surface area contributed by atoms with Gasteiger partial charge in [0.1, 0.15) is 29.7 Å². The molecule has 0 bridgehead atoms. The highest BCUT2D eigenvalue weighted by Gasteiger charge is 2.11. The fraction of sp³-hybridized carbons (Fsp3) is 0.227. The summed E-state index contributed by atoms with van der Waals surface area (Å²) < 4.78 is 5.76. The number of anilines is 2. The second-order valence-electron chi connectivity index (χ2n) is 6.37. The lowest BCUT2D eigenvalue weighted by atomic mass is 10.2. The van der Waals surface area contributed by atoms with E-state index in [4.69, 9.17) is 4.74 Å². The van der Waals surface area contributed by atoms with E-state index >= 15 is 0 Å². The zero-order chi connectivity index (χ0) is 19.8. The third-order valence-electron chi connectivity index (χ3n) is 3.99. The van der Waals surface area contributed by atoms with Crippen LogP contribution < -0.4 is 15.4 Å². The van der Waals surface area contributed by atoms with Crippen molar-refractivity contribution in [1.82, 2.24) is 9.97 Å². The number of ether oxygens (including phenoxy) is 1. The first-order valence-corrected chi connectivity index (χ1v) is 9.31. The van der Waals surface area contributed by atoms with Crippen LogP contribution in [0.5, 0.6) is 5.75 Å². The average molecular weight is 376 g/mol. The predicted molar refractivity (Wildman–Crippen MR) is 111 cm³/mol. The van der Waals surface area contributed by atoms with Gasteiger partial charge in [-0.05, 0) is 43.2 Å². The zero-order valence-corrected chi connectivity index (χ0v) is 16.1. The third-order valence-corrected chi connectivity index (χ3v) is 3.99. The van der Waals surface area contributed by atoms with Crippen molar-refractivity contribution in [2.24, 2.45) is 0 Å². The summed E-state index contributed by atoms with van der Waals surface area (Å²) in [5, 5.41) is 6.04. The number of benzene rings is 2. The van der Waals surface area contributed by atoms with Gasteiger partial charge < -0.3 is 15.4 Å². The van der Waals surface area contributed by atoms with Crippen molar-refractivity contribution in [1.29, 1.82) is 0 Å². The molecule has 0 unspecified atom stereocenters. The normalized spacial score (nSPS) is 10.4. The topological polar surface area (TPSA) is 76.1 Å². The number of hydrogen-bond acceptors (Lipinski definition) is 5. The third kappa shape index (κ3) is 5.54. The highest BCUT2D eigenvalue weighted by atomic mass is 16.5. The van der Waals surface area contributed by atoms with Gasteiger partial charge >= 0.3 is 0 Å². The van der Waals surface area contributed by atoms with Crippen LogP contribution in [-0.4, -0.2) is 22.4 Å². The molecule has 28 heavy (non-hydrogen) atoms. The minimum absolute atomic E-state index is 0.275. The Morgan fingerprint density at radius 1 is 1.04 bits per heavy atom. The Bertz CT molecular complexity index is 912. The minimum Gasteiger partial charge on any atom is -0.489 e. The monoisotopic (exact) mass is 376 g/mol. The Morgan fingerprint density at radius 3 is 2.50 bits per heavy atom. The summed E-state index contributed by atoms with van der Waals surface area (Å²) in [4.78, 5) is 21.1. The van der Waals surface area contributed by atoms with Gasteiger partial charge in [-0.1, -0.05) is 37.3 Å². The van der Waals surface area contributed by atoms with E-state index in [1.54, 1.807) is 13.0 Å². The van der Waals surface area contributed by atoms with Crippen molar-refractivity contribution in [3.63, 3.8) is 0 Å². The van der Waals surface area contributed by atoms with Crippen molar-refractivity contribution >= 4 is 17.4 Å². The van der Waals surface area contributed by atoms with Gasteiger partial charge in [0.2, 0.25) is 0 Å². The number of hydrogen-bond donors (Lipinski definition) is 2. The first kappa shape index (κ1) is 19.4. The SMILES string of the molecule is CCCNc1cc(C(=O)Nc2ccc(OCc3ccccc3)cc2)nc(C)n1. The van der Waals surface area contributed by atoms with E-state index in [2.05, 4.69) is 27.5 Å². The van der Waals surface area contributed by atoms with Crippen LogP contribution in [-0.2, 0) is 6.61 Å². The summed E-state index contributed by atoms with van der Waals surface area (Å²) in [6.07, 6.45) is 0.975. The minimum atomic E-state index is -0.275. The van der Waals surface area contributed by atoms with E-state index in [0.29, 0.717) is 29.6 Å². The van der Waals surface area contributed by atoms with Crippen molar-refractivity contribution in [3.8, 4) is 5.75 Å². The molecule has 0 saturated heterocycles. The van der Waals surface area contributed by atoms with Crippen molar-refractivity contribution in [2.45, 2.75) is 26.9 Å². The molecule has 0 aliphatic carbocycles. The van der Waals surface area contributed by atoms with E-state index in [1.165, 1.54) is 0 Å². The second-order valence-corrected chi connectivity index (χ2v) is 6.37. The number of carbonyl (C=O) groups excluding carboxylic acids is 1. The summed E-state index contributed by atoms with van der Waals surface area (Å²) in [7, 11) is 0. The number of carbonyl (C=O) groups is 1. The van der Waals surface area contributed by atoms with Gasteiger partial charge in [-0.3, -0.25) is 4.79 Å². The second kappa shape index (κ2) is 9.50. The van der Waals surface area contributed by atoms with E-state index in [1.807, 2.05) is 54.6 Å². The van der Waals surface area contributed by atoms with Crippen molar-refractivity contribution < 1.29 is 9.53 Å². The van der Waals surface area contributed by atoms with E-state index in [-0.39, 0.29) is 5.91 Å². The standard InChI is InChI=1S/C22H24N4O2/c1-3-13-23-21-14-20(24-16(2)25-21)22(27)26-18-9-11-19(12-10-18)28-15-17-7-5-4-6-8-17/h4-12,14H,3,13,15H2,1-2H3,(H,26,27)(H,23,24,25). The lowest BCUT2D eigenvalue weighted by molar-refractivity contribution is 0.102. The molecule has 0 atom stereocenters. The maximum atomic E-state index is 12.5. The molecule has 3 rings (SSSR count). The summed E-state index contributed by atoms with van der Waals surface area (Å²) in [5.74, 6) is 1.67. The first-order valence-electron chi connectivity index (χ1n) is 9.31. The molecule has 0 aliphatic rings. The molecule has 1 aromatic heterocycles. The van der Waals surface area contributed by atoms with Gasteiger partial charge in [-0.25, -0.2) is 9.97 Å². The summed E-state index contributed by atoms with van der Waals surface area (Å²) in [6, 6.07) is 18.9. The highest BCUT2D eigenvalue weighted by Crippen LogP contribution is 2.18. The van der Waals surface area contributed by atoms with Gasteiger partial charge in [0.15, 0.2) is 0 Å². The molecular formula is C22H24N4O2. The van der Waals surface area contributed by atoms with Gasteiger partial charge in [0.05, 0.1) is 0 Å². The fourth-order valence-corrected chi connectivity index (χ4v) is 2.60. The molecule has 1 heterocycles. The van der Waals surface area contributed by atoms with E-state index in [9.17, 15) is 4.79 Å². The maximum absolute atomic E-state index is 12.5. The lowest BCUT2D eigenvalue weighted by Crippen LogP contribution is -2.16. The molecule has 6 nitrogen and oxygen atoms in total. The Hall–Kier alpha value is -3.41. The summed E-state index contributed by atoms with van der Waals surface area (Å²) >= 11 is 0. The Kier molecular flexibility index (Phi) is 6.57. The zero-order valence-electron chi connectivity index (χ0n) is 16.1. The van der Waals surface area contributed by atoms with Crippen LogP contribution in [0.1, 0.15) is 35.2 Å². The molecule has 0 saturated carbocycles. The molecule has 3 aromatic rings. The number of amides is 1. The van der Waals surface area contributed by atoms with E-state index < -0.39 is 0 Å². The van der Waals surface area contributed by atoms with Crippen LogP contribution in [0, 0.1) is 6.92 Å². The molecule has 6 heteroatoms. The number of nitrogens with zero attached hydrogens (tertiary/aromatic N) is 2. The van der Waals surface area contributed by atoms with Crippen molar-refractivity contribution in [3.05, 3.63) is 77.7 Å². The summed E-state index contributed by atoms with van der Waals surface area (Å²) in [5.41, 5.74) is 2.11. The smallest absolute Gasteiger partial charge is 0.274 e. The van der Waals surface area contributed by atoms with Crippen LogP contribution in [0.2, 0.25) is 0 Å². The van der Waals surface area contributed by atoms with Crippen molar-refractivity contribution in [2.75, 3.05) is 17.2 Å². The molecule has 1 amide bonds. The molecule has 144 valence electrons. The van der Waals surface area contributed by atoms with Gasteiger partial charge in [0.25, 0.3) is 5.91 Å². The van der Waals surface area contributed by atoms with Gasteiger partial charge in [-0.15, -0.1) is 0 Å². The predicted octanol–water partition coefficient (Wildman–Crippen LogP) is 4.44. The Labute approximate surface area is 165 Å². The Morgan fingerprint density at radius 2 is 1.79 bits per heavy atom. The lowest BCUT2D eigenvalue weighted by Gasteiger charge is -2.10. The first-order chi connectivity index (χ1) is 13.6. The fourth-order valence-electron chi connectivity index (χ4n) is 2.60. The highest BCUT2D eigenvalue weighted by molar-refractivity contribution is 6.03. The number of rotatable bonds is 8. The Balaban J connectivity index is 1.60. The van der Waals surface area contributed by atoms with E-state index in [0.717, 1.165) is 24.3 Å². The van der Waals surface area contributed by atoms with Gasteiger partial charge in [-0.2, -0.15) is 0 Å². The average Bonchev–Trinajstić information content (AvgIpc) is 2.72. The molecule has 2 aromatic carbocycles. The maximum Gasteiger partial charge on any atom is 0.274 e. The van der Waals surface area contributed by atoms with Crippen LogP contribution in [0.25, 0.3) is 0 Å². The summed E-state index contributed by atoms with van der Waals surface area (Å²) in [6.45, 7) is 5.14. The molecule has 0 radical (unpaired) electrons. The molecule has 0 spiro atoms. The van der Waals surface area contributed by atoms with Crippen LogP contribution in [0.3, 0.4) is 0 Å². The molecule has 0 aliphatic heterocycles. The number of nitrogens with one attached hydrogen (secondary N) is 2. The quantitative estimate of drug-likeness (QED) is 0.608. The molecule has 2 N–H and O–H groups in total. The molecular weight excluding hydrogens is 352 g/mol.